The molecule has 166 valence electrons. The summed E-state index contributed by atoms with van der Waals surface area (Å²) in [4.78, 5) is 23.8. The molecule has 14 nitrogen and oxygen atoms in total. The molecule has 0 aliphatic carbocycles. The van der Waals surface area contributed by atoms with Crippen LogP contribution in [0.1, 0.15) is 20.1 Å². The van der Waals surface area contributed by atoms with Crippen molar-refractivity contribution in [1.29, 1.82) is 0 Å². The van der Waals surface area contributed by atoms with E-state index in [0.717, 1.165) is 0 Å². The van der Waals surface area contributed by atoms with Gasteiger partial charge in [-0.3, -0.25) is 9.36 Å². The van der Waals surface area contributed by atoms with Gasteiger partial charge in [0.25, 0.3) is 5.91 Å². The molecule has 15 heteroatoms. The number of imidazole rings is 1. The Kier molecular flexibility index (Phi) is 6.21. The summed E-state index contributed by atoms with van der Waals surface area (Å²) in [5, 5.41) is 20.7. The van der Waals surface area contributed by atoms with E-state index in [2.05, 4.69) is 19.7 Å². The van der Waals surface area contributed by atoms with Crippen molar-refractivity contribution in [3.05, 3.63) is 12.7 Å². The number of carbonyl (C=O) groups is 1. The van der Waals surface area contributed by atoms with E-state index in [1.165, 1.54) is 17.2 Å². The molecule has 8 N–H and O–H groups in total. The second kappa shape index (κ2) is 8.37. The lowest BCUT2D eigenvalue weighted by molar-refractivity contribution is -0.121. The van der Waals surface area contributed by atoms with Gasteiger partial charge in [-0.25, -0.2) is 19.7 Å². The molecule has 0 aromatic carbocycles. The highest BCUT2D eigenvalue weighted by Gasteiger charge is 2.44. The number of carbonyl (C=O) groups excluding carboxylic acids is 1. The zero-order valence-electron chi connectivity index (χ0n) is 16.2. The van der Waals surface area contributed by atoms with Crippen molar-refractivity contribution in [2.45, 2.75) is 44.4 Å². The predicted octanol–water partition coefficient (Wildman–Crippen LogP) is -3.04. The van der Waals surface area contributed by atoms with Gasteiger partial charge in [-0.1, -0.05) is 13.8 Å². The van der Waals surface area contributed by atoms with E-state index in [1.54, 1.807) is 13.8 Å². The molecule has 1 aliphatic heterocycles. The Bertz CT molecular complexity index is 1030. The highest BCUT2D eigenvalue weighted by Crippen LogP contribution is 2.31. The minimum Gasteiger partial charge on any atom is -0.387 e. The molecule has 2 aromatic rings. The van der Waals surface area contributed by atoms with E-state index in [-0.39, 0.29) is 22.9 Å². The molecule has 1 amide bonds. The maximum atomic E-state index is 12.1. The molecular weight excluding hydrogens is 420 g/mol. The number of aliphatic hydroxyl groups is 2. The maximum Gasteiger partial charge on any atom is 0.301 e. The summed E-state index contributed by atoms with van der Waals surface area (Å²) in [6, 6.07) is -1.01. The number of amides is 1. The van der Waals surface area contributed by atoms with Crippen LogP contribution in [-0.2, 0) is 19.7 Å². The van der Waals surface area contributed by atoms with Crippen molar-refractivity contribution in [1.82, 2.24) is 29.0 Å². The Hall–Kier alpha value is -2.43. The molecule has 3 heterocycles. The first kappa shape index (κ1) is 22.3. The summed E-state index contributed by atoms with van der Waals surface area (Å²) < 4.78 is 35.1. The van der Waals surface area contributed by atoms with Crippen molar-refractivity contribution in [2.75, 3.05) is 12.3 Å². The number of nitrogens with two attached hydrogens (primary N) is 2. The maximum absolute atomic E-state index is 12.1. The van der Waals surface area contributed by atoms with Crippen LogP contribution in [0.25, 0.3) is 11.2 Å². The van der Waals surface area contributed by atoms with Crippen LogP contribution in [0, 0.1) is 5.92 Å². The van der Waals surface area contributed by atoms with Gasteiger partial charge in [-0.2, -0.15) is 13.1 Å². The zero-order valence-corrected chi connectivity index (χ0v) is 17.0. The summed E-state index contributed by atoms with van der Waals surface area (Å²) in [5.41, 5.74) is 11.9. The number of nitrogens with zero attached hydrogens (tertiary/aromatic N) is 4. The number of rotatable bonds is 7. The second-order valence-corrected chi connectivity index (χ2v) is 8.72. The van der Waals surface area contributed by atoms with E-state index in [0.29, 0.717) is 0 Å². The SMILES string of the molecule is CC(C)C(N)C(=O)NS(=O)(=O)NCC1OC(n2cnc3c(N)ncnc32)C(O)C1O. The molecule has 5 unspecified atom stereocenters. The monoisotopic (exact) mass is 444 g/mol. The van der Waals surface area contributed by atoms with Crippen LogP contribution in [-0.4, -0.2) is 75.0 Å². The van der Waals surface area contributed by atoms with Gasteiger partial charge in [0.05, 0.1) is 12.4 Å². The van der Waals surface area contributed by atoms with Crippen LogP contribution >= 0.6 is 0 Å². The van der Waals surface area contributed by atoms with Crippen LogP contribution < -0.4 is 20.9 Å². The van der Waals surface area contributed by atoms with Gasteiger partial charge in [0.2, 0.25) is 0 Å². The van der Waals surface area contributed by atoms with Gasteiger partial charge in [-0.15, -0.1) is 0 Å². The third-order valence-electron chi connectivity index (χ3n) is 4.73. The number of hydrogen-bond donors (Lipinski definition) is 6. The standard InChI is InChI=1S/C15H24N8O6S/c1-6(2)8(16)14(26)22-30(27,28)21-3-7-10(24)11(25)15(29-7)23-5-20-9-12(17)18-4-19-13(9)23/h4-8,10-11,15,21,24-25H,3,16H2,1-2H3,(H,22,26)(H2,17,18,19). The summed E-state index contributed by atoms with van der Waals surface area (Å²) in [7, 11) is -4.26. The van der Waals surface area contributed by atoms with Gasteiger partial charge < -0.3 is 26.4 Å². The first-order chi connectivity index (χ1) is 14.0. The average Bonchev–Trinajstić information content (AvgIpc) is 3.22. The van der Waals surface area contributed by atoms with E-state index >= 15 is 0 Å². The third kappa shape index (κ3) is 4.35. The molecule has 1 fully saturated rings. The molecule has 2 aromatic heterocycles. The van der Waals surface area contributed by atoms with E-state index < -0.39 is 53.2 Å². The normalized spacial score (nSPS) is 25.7. The topological polar surface area (TPSA) is 221 Å². The molecule has 0 bridgehead atoms. The molecule has 0 saturated carbocycles. The quantitative estimate of drug-likeness (QED) is 0.252. The van der Waals surface area contributed by atoms with Crippen LogP contribution in [0.15, 0.2) is 12.7 Å². The summed E-state index contributed by atoms with van der Waals surface area (Å²) in [6.07, 6.45) is -2.52. The van der Waals surface area contributed by atoms with E-state index in [9.17, 15) is 23.4 Å². The summed E-state index contributed by atoms with van der Waals surface area (Å²) >= 11 is 0. The molecule has 5 atom stereocenters. The number of aromatic nitrogens is 4. The van der Waals surface area contributed by atoms with Crippen LogP contribution in [0.4, 0.5) is 5.82 Å². The fourth-order valence-electron chi connectivity index (χ4n) is 2.92. The molecule has 0 spiro atoms. The van der Waals surface area contributed by atoms with Gasteiger partial charge in [0, 0.05) is 6.54 Å². The number of ether oxygens (including phenoxy) is 1. The number of aliphatic hydroxyl groups excluding tert-OH is 2. The fraction of sp³-hybridized carbons (Fsp3) is 0.600. The van der Waals surface area contributed by atoms with Crippen molar-refractivity contribution in [3.63, 3.8) is 0 Å². The molecule has 3 rings (SSSR count). The molecule has 1 saturated heterocycles. The van der Waals surface area contributed by atoms with Crippen LogP contribution in [0.2, 0.25) is 0 Å². The minimum absolute atomic E-state index is 0.131. The lowest BCUT2D eigenvalue weighted by Gasteiger charge is -2.18. The first-order valence-electron chi connectivity index (χ1n) is 9.03. The number of hydrogen-bond acceptors (Lipinski definition) is 11. The Morgan fingerprint density at radius 3 is 2.67 bits per heavy atom. The molecule has 0 radical (unpaired) electrons. The third-order valence-corrected chi connectivity index (χ3v) is 5.75. The highest BCUT2D eigenvalue weighted by molar-refractivity contribution is 7.88. The molecular formula is C15H24N8O6S. The number of nitrogen functional groups attached to an aromatic ring is 1. The molecule has 1 aliphatic rings. The van der Waals surface area contributed by atoms with Gasteiger partial charge in [-0.05, 0) is 5.92 Å². The zero-order chi connectivity index (χ0) is 22.2. The van der Waals surface area contributed by atoms with Gasteiger partial charge in [0.1, 0.15) is 30.2 Å². The number of nitrogens with one attached hydrogen (secondary N) is 2. The second-order valence-electron chi connectivity index (χ2n) is 7.22. The average molecular weight is 444 g/mol. The lowest BCUT2D eigenvalue weighted by atomic mass is 10.1. The van der Waals surface area contributed by atoms with Crippen molar-refractivity contribution < 1.29 is 28.2 Å². The Balaban J connectivity index is 1.68. The van der Waals surface area contributed by atoms with Crippen molar-refractivity contribution in [2.24, 2.45) is 11.7 Å². The van der Waals surface area contributed by atoms with Crippen LogP contribution in [0.5, 0.6) is 0 Å². The fourth-order valence-corrected chi connectivity index (χ4v) is 3.77. The minimum atomic E-state index is -4.26. The van der Waals surface area contributed by atoms with Gasteiger partial charge in [0.15, 0.2) is 17.7 Å². The largest absolute Gasteiger partial charge is 0.387 e. The number of anilines is 1. The smallest absolute Gasteiger partial charge is 0.301 e. The predicted molar refractivity (Wildman–Crippen MR) is 104 cm³/mol. The summed E-state index contributed by atoms with van der Waals surface area (Å²) in [5.74, 6) is -1.00. The van der Waals surface area contributed by atoms with Crippen LogP contribution in [0.3, 0.4) is 0 Å². The van der Waals surface area contributed by atoms with E-state index in [4.69, 9.17) is 16.2 Å². The Labute approximate surface area is 171 Å². The molecule has 30 heavy (non-hydrogen) atoms. The number of fused-ring (bicyclic) bond motifs is 1. The first-order valence-corrected chi connectivity index (χ1v) is 10.5. The van der Waals surface area contributed by atoms with E-state index in [1.807, 2.05) is 4.72 Å². The Morgan fingerprint density at radius 2 is 2.00 bits per heavy atom. The Morgan fingerprint density at radius 1 is 1.30 bits per heavy atom. The lowest BCUT2D eigenvalue weighted by Crippen LogP contribution is -2.51. The highest BCUT2D eigenvalue weighted by atomic mass is 32.2. The summed E-state index contributed by atoms with van der Waals surface area (Å²) in [6.45, 7) is 2.93. The van der Waals surface area contributed by atoms with Crippen molar-refractivity contribution in [3.8, 4) is 0 Å². The van der Waals surface area contributed by atoms with Gasteiger partial charge >= 0.3 is 10.2 Å². The van der Waals surface area contributed by atoms with Crippen molar-refractivity contribution >= 4 is 33.1 Å².